The maximum Gasteiger partial charge on any atom is 0.269 e. The van der Waals surface area contributed by atoms with Crippen molar-refractivity contribution in [2.45, 2.75) is 19.0 Å². The quantitative estimate of drug-likeness (QED) is 0.147. The second-order valence-electron chi connectivity index (χ2n) is 6.38. The van der Waals surface area contributed by atoms with Gasteiger partial charge in [-0.1, -0.05) is 30.3 Å². The summed E-state index contributed by atoms with van der Waals surface area (Å²) in [5.41, 5.74) is 2.07. The van der Waals surface area contributed by atoms with E-state index in [2.05, 4.69) is 21.7 Å². The van der Waals surface area contributed by atoms with Crippen molar-refractivity contribution in [3.05, 3.63) is 69.8 Å². The first-order valence-corrected chi connectivity index (χ1v) is 9.16. The van der Waals surface area contributed by atoms with Crippen LogP contribution in [0.25, 0.3) is 0 Å². The molecule has 0 aliphatic carbocycles. The number of methoxy groups -OCH3 is 1. The Morgan fingerprint density at radius 3 is 2.76 bits per heavy atom. The molecule has 0 saturated carbocycles. The number of hydrogen-bond donors (Lipinski definition) is 2. The summed E-state index contributed by atoms with van der Waals surface area (Å²) in [5, 5.41) is 17.5. The van der Waals surface area contributed by atoms with Crippen LogP contribution in [0.15, 0.2) is 53.5 Å². The first-order chi connectivity index (χ1) is 13.7. The van der Waals surface area contributed by atoms with Crippen molar-refractivity contribution >= 4 is 35.6 Å². The normalized spacial score (nSPS) is 15.5. The summed E-state index contributed by atoms with van der Waals surface area (Å²) in [6.07, 6.45) is 0.833. The molecule has 0 fully saturated rings. The fraction of sp³-hybridized carbons (Fsp3) is 0.350. The highest BCUT2D eigenvalue weighted by Crippen LogP contribution is 2.31. The van der Waals surface area contributed by atoms with Crippen molar-refractivity contribution in [2.24, 2.45) is 4.99 Å². The maximum atomic E-state index is 10.8. The fourth-order valence-corrected chi connectivity index (χ4v) is 2.97. The minimum atomic E-state index is -0.408. The lowest BCUT2D eigenvalue weighted by atomic mass is 10.0. The zero-order chi connectivity index (χ0) is 19.8. The van der Waals surface area contributed by atoms with Gasteiger partial charge in [-0.15, -0.1) is 24.0 Å². The second kappa shape index (κ2) is 11.6. The van der Waals surface area contributed by atoms with Crippen molar-refractivity contribution in [3.63, 3.8) is 0 Å². The number of hydrogen-bond acceptors (Lipinski definition) is 5. The van der Waals surface area contributed by atoms with E-state index < -0.39 is 4.92 Å². The summed E-state index contributed by atoms with van der Waals surface area (Å²) >= 11 is 0. The largest absolute Gasteiger partial charge is 0.493 e. The van der Waals surface area contributed by atoms with E-state index in [0.717, 1.165) is 23.3 Å². The number of ether oxygens (including phenoxy) is 2. The van der Waals surface area contributed by atoms with Gasteiger partial charge in [-0.05, 0) is 11.6 Å². The third kappa shape index (κ3) is 6.57. The molecule has 1 heterocycles. The smallest absolute Gasteiger partial charge is 0.269 e. The molecule has 0 saturated heterocycles. The van der Waals surface area contributed by atoms with Gasteiger partial charge in [0.1, 0.15) is 5.75 Å². The SMILES string of the molecule is COCCNC(=NCc1ccc([N+](=O)[O-])cc1)NC1CCOc2ccccc21.I. The lowest BCUT2D eigenvalue weighted by Crippen LogP contribution is -2.42. The van der Waals surface area contributed by atoms with Crippen molar-refractivity contribution in [2.75, 3.05) is 26.9 Å². The van der Waals surface area contributed by atoms with Gasteiger partial charge in [0.05, 0.1) is 30.7 Å². The number of non-ortho nitro benzene ring substituents is 1. The summed E-state index contributed by atoms with van der Waals surface area (Å²) in [6, 6.07) is 14.5. The van der Waals surface area contributed by atoms with Crippen LogP contribution in [0.3, 0.4) is 0 Å². The minimum absolute atomic E-state index is 0. The number of nitrogens with one attached hydrogen (secondary N) is 2. The first-order valence-electron chi connectivity index (χ1n) is 9.16. The van der Waals surface area contributed by atoms with Crippen LogP contribution in [0.1, 0.15) is 23.6 Å². The molecule has 29 heavy (non-hydrogen) atoms. The van der Waals surface area contributed by atoms with E-state index in [1.807, 2.05) is 18.2 Å². The van der Waals surface area contributed by atoms with E-state index in [0.29, 0.717) is 32.3 Å². The topological polar surface area (TPSA) is 98.0 Å². The second-order valence-corrected chi connectivity index (χ2v) is 6.38. The molecule has 1 aliphatic rings. The summed E-state index contributed by atoms with van der Waals surface area (Å²) in [5.74, 6) is 1.55. The molecule has 2 N–H and O–H groups in total. The Hall–Kier alpha value is -2.40. The van der Waals surface area contributed by atoms with Crippen LogP contribution in [0.4, 0.5) is 5.69 Å². The molecule has 2 aromatic carbocycles. The molecule has 1 unspecified atom stereocenters. The molecule has 156 valence electrons. The van der Waals surface area contributed by atoms with Gasteiger partial charge in [-0.2, -0.15) is 0 Å². The number of nitrogens with zero attached hydrogens (tertiary/aromatic N) is 2. The van der Waals surface area contributed by atoms with Gasteiger partial charge in [-0.3, -0.25) is 10.1 Å². The number of rotatable bonds is 7. The Labute approximate surface area is 186 Å². The lowest BCUT2D eigenvalue weighted by Gasteiger charge is -2.28. The predicted molar refractivity (Wildman–Crippen MR) is 122 cm³/mol. The van der Waals surface area contributed by atoms with Gasteiger partial charge in [0.25, 0.3) is 5.69 Å². The Bertz CT molecular complexity index is 829. The standard InChI is InChI=1S/C20H24N4O4.HI/c1-27-13-11-21-20(22-14-15-6-8-16(9-7-15)24(25)26)23-18-10-12-28-19-5-3-2-4-17(18)19;/h2-9,18H,10-14H2,1H3,(H2,21,22,23);1H. The van der Waals surface area contributed by atoms with E-state index in [-0.39, 0.29) is 35.7 Å². The Balaban J connectivity index is 0.00000300. The molecule has 3 rings (SSSR count). The van der Waals surface area contributed by atoms with E-state index in [9.17, 15) is 10.1 Å². The lowest BCUT2D eigenvalue weighted by molar-refractivity contribution is -0.384. The van der Waals surface area contributed by atoms with Crippen molar-refractivity contribution < 1.29 is 14.4 Å². The summed E-state index contributed by atoms with van der Waals surface area (Å²) < 4.78 is 10.8. The molecule has 0 spiro atoms. The summed E-state index contributed by atoms with van der Waals surface area (Å²) in [4.78, 5) is 15.0. The first kappa shape index (κ1) is 22.9. The van der Waals surface area contributed by atoms with Gasteiger partial charge >= 0.3 is 0 Å². The van der Waals surface area contributed by atoms with E-state index in [1.54, 1.807) is 19.2 Å². The molecular formula is C20H25IN4O4. The molecule has 0 amide bonds. The molecule has 0 bridgehead atoms. The number of fused-ring (bicyclic) bond motifs is 1. The number of para-hydroxylation sites is 1. The predicted octanol–water partition coefficient (Wildman–Crippen LogP) is 3.42. The van der Waals surface area contributed by atoms with Gasteiger partial charge in [0, 0.05) is 37.8 Å². The Morgan fingerprint density at radius 1 is 1.28 bits per heavy atom. The number of guanidine groups is 1. The fourth-order valence-electron chi connectivity index (χ4n) is 2.97. The molecular weight excluding hydrogens is 487 g/mol. The van der Waals surface area contributed by atoms with Crippen LogP contribution in [-0.4, -0.2) is 37.8 Å². The molecule has 0 aromatic heterocycles. The Kier molecular flexibility index (Phi) is 9.13. The van der Waals surface area contributed by atoms with Gasteiger partial charge < -0.3 is 20.1 Å². The van der Waals surface area contributed by atoms with Gasteiger partial charge in [-0.25, -0.2) is 4.99 Å². The number of benzene rings is 2. The minimum Gasteiger partial charge on any atom is -0.493 e. The van der Waals surface area contributed by atoms with Crippen LogP contribution in [-0.2, 0) is 11.3 Å². The Morgan fingerprint density at radius 2 is 2.03 bits per heavy atom. The highest BCUT2D eigenvalue weighted by atomic mass is 127. The molecule has 8 nitrogen and oxygen atoms in total. The molecule has 2 aromatic rings. The van der Waals surface area contributed by atoms with E-state index in [1.165, 1.54) is 12.1 Å². The molecule has 1 atom stereocenters. The van der Waals surface area contributed by atoms with Crippen molar-refractivity contribution in [1.29, 1.82) is 0 Å². The zero-order valence-corrected chi connectivity index (χ0v) is 18.5. The number of halogens is 1. The van der Waals surface area contributed by atoms with Crippen LogP contribution in [0, 0.1) is 10.1 Å². The molecule has 1 aliphatic heterocycles. The van der Waals surface area contributed by atoms with Crippen LogP contribution >= 0.6 is 24.0 Å². The molecule has 9 heteroatoms. The van der Waals surface area contributed by atoms with Crippen molar-refractivity contribution in [3.8, 4) is 5.75 Å². The van der Waals surface area contributed by atoms with Gasteiger partial charge in [0.15, 0.2) is 5.96 Å². The highest BCUT2D eigenvalue weighted by Gasteiger charge is 2.21. The van der Waals surface area contributed by atoms with Crippen LogP contribution in [0.2, 0.25) is 0 Å². The summed E-state index contributed by atoms with van der Waals surface area (Å²) in [6.45, 7) is 2.23. The van der Waals surface area contributed by atoms with Crippen LogP contribution in [0.5, 0.6) is 5.75 Å². The van der Waals surface area contributed by atoms with Gasteiger partial charge in [0.2, 0.25) is 0 Å². The maximum absolute atomic E-state index is 10.8. The average Bonchev–Trinajstić information content (AvgIpc) is 2.72. The summed E-state index contributed by atoms with van der Waals surface area (Å²) in [7, 11) is 1.65. The third-order valence-corrected chi connectivity index (χ3v) is 4.44. The monoisotopic (exact) mass is 512 g/mol. The number of nitro groups is 1. The highest BCUT2D eigenvalue weighted by molar-refractivity contribution is 14.0. The zero-order valence-electron chi connectivity index (χ0n) is 16.2. The van der Waals surface area contributed by atoms with E-state index in [4.69, 9.17) is 9.47 Å². The average molecular weight is 512 g/mol. The number of aliphatic imine (C=N–C) groups is 1. The number of nitro benzene ring substituents is 1. The van der Waals surface area contributed by atoms with Crippen molar-refractivity contribution in [1.82, 2.24) is 10.6 Å². The van der Waals surface area contributed by atoms with E-state index >= 15 is 0 Å². The third-order valence-electron chi connectivity index (χ3n) is 4.44. The van der Waals surface area contributed by atoms with Crippen LogP contribution < -0.4 is 15.4 Å². The molecule has 0 radical (unpaired) electrons.